The van der Waals surface area contributed by atoms with Gasteiger partial charge in [0.05, 0.1) is 31.1 Å². The summed E-state index contributed by atoms with van der Waals surface area (Å²) in [6, 6.07) is 2.55. The van der Waals surface area contributed by atoms with Crippen LogP contribution in [0, 0.1) is 6.92 Å². The zero-order valence-electron chi connectivity index (χ0n) is 17.1. The molecule has 2 aliphatic heterocycles. The molecule has 3 heterocycles. The molecule has 10 heteroatoms. The number of guanidine groups is 2. The largest absolute Gasteiger partial charge is 0.481 e. The van der Waals surface area contributed by atoms with Crippen molar-refractivity contribution in [3.8, 4) is 5.88 Å². The number of fused-ring (bicyclic) bond motifs is 1. The van der Waals surface area contributed by atoms with Crippen LogP contribution in [0.15, 0.2) is 69.7 Å². The molecule has 1 aromatic rings. The molecular weight excluding hydrogens is 406 g/mol. The number of aliphatic imine (C=N–C) groups is 2. The number of pyridine rings is 1. The highest BCUT2D eigenvalue weighted by Crippen LogP contribution is 2.28. The van der Waals surface area contributed by atoms with Crippen LogP contribution in [0.5, 0.6) is 5.88 Å². The van der Waals surface area contributed by atoms with Crippen LogP contribution >= 0.6 is 0 Å². The monoisotopic (exact) mass is 426 g/mol. The minimum atomic E-state index is -0.718. The zero-order chi connectivity index (χ0) is 22.1. The third kappa shape index (κ3) is 3.96. The van der Waals surface area contributed by atoms with Crippen molar-refractivity contribution in [2.45, 2.75) is 13.0 Å². The Labute approximate surface area is 177 Å². The maximum absolute atomic E-state index is 14.2. The third-order valence-electron chi connectivity index (χ3n) is 4.96. The van der Waals surface area contributed by atoms with E-state index in [-0.39, 0.29) is 12.5 Å². The first-order valence-electron chi connectivity index (χ1n) is 9.48. The lowest BCUT2D eigenvalue weighted by molar-refractivity contribution is 0.223. The van der Waals surface area contributed by atoms with Crippen molar-refractivity contribution >= 4 is 23.6 Å². The van der Waals surface area contributed by atoms with Crippen LogP contribution in [-0.4, -0.2) is 59.5 Å². The van der Waals surface area contributed by atoms with Crippen molar-refractivity contribution in [2.75, 3.05) is 20.7 Å². The number of nitrogens with zero attached hydrogens (tertiary/aromatic N) is 5. The van der Waals surface area contributed by atoms with Gasteiger partial charge in [0.1, 0.15) is 11.7 Å². The topological polar surface area (TPSA) is 82.4 Å². The summed E-state index contributed by atoms with van der Waals surface area (Å²) in [7, 11) is 3.11. The molecule has 160 valence electrons. The number of ether oxygens (including phenoxy) is 1. The highest BCUT2D eigenvalue weighted by atomic mass is 19.1. The first kappa shape index (κ1) is 20.5. The van der Waals surface area contributed by atoms with E-state index in [0.717, 1.165) is 6.08 Å². The predicted octanol–water partition coefficient (Wildman–Crippen LogP) is 3.28. The SMILES string of the molecule is COc1ccc(N=C2NC(=O)N(C)C3=NCC(C4=C/C(F)=C\C(F)=C/C=C4)N23)c(C)n1. The van der Waals surface area contributed by atoms with Gasteiger partial charge in [-0.3, -0.25) is 15.1 Å². The highest BCUT2D eigenvalue weighted by Gasteiger charge is 2.41. The Morgan fingerprint density at radius 3 is 2.81 bits per heavy atom. The fourth-order valence-electron chi connectivity index (χ4n) is 3.41. The van der Waals surface area contributed by atoms with E-state index >= 15 is 0 Å². The van der Waals surface area contributed by atoms with Crippen LogP contribution in [0.25, 0.3) is 0 Å². The Morgan fingerprint density at radius 1 is 1.26 bits per heavy atom. The maximum Gasteiger partial charge on any atom is 0.330 e. The van der Waals surface area contributed by atoms with Gasteiger partial charge in [-0.2, -0.15) is 0 Å². The van der Waals surface area contributed by atoms with Gasteiger partial charge in [0.25, 0.3) is 0 Å². The summed E-state index contributed by atoms with van der Waals surface area (Å²) in [5, 5.41) is 2.75. The molecule has 1 unspecified atom stereocenters. The molecule has 8 nitrogen and oxygen atoms in total. The third-order valence-corrected chi connectivity index (χ3v) is 4.96. The van der Waals surface area contributed by atoms with E-state index in [1.165, 1.54) is 30.2 Å². The van der Waals surface area contributed by atoms with E-state index in [1.807, 2.05) is 0 Å². The molecule has 1 fully saturated rings. The van der Waals surface area contributed by atoms with Crippen LogP contribution < -0.4 is 10.1 Å². The average molecular weight is 426 g/mol. The lowest BCUT2D eigenvalue weighted by Crippen LogP contribution is -2.63. The van der Waals surface area contributed by atoms with Gasteiger partial charge in [0, 0.05) is 19.2 Å². The van der Waals surface area contributed by atoms with E-state index < -0.39 is 23.7 Å². The van der Waals surface area contributed by atoms with Crippen molar-refractivity contribution in [1.82, 2.24) is 20.1 Å². The van der Waals surface area contributed by atoms with Gasteiger partial charge in [-0.15, -0.1) is 0 Å². The van der Waals surface area contributed by atoms with Crippen molar-refractivity contribution in [3.63, 3.8) is 0 Å². The van der Waals surface area contributed by atoms with Crippen molar-refractivity contribution in [2.24, 2.45) is 9.98 Å². The highest BCUT2D eigenvalue weighted by molar-refractivity contribution is 6.16. The van der Waals surface area contributed by atoms with Gasteiger partial charge < -0.3 is 4.74 Å². The Bertz CT molecular complexity index is 1120. The lowest BCUT2D eigenvalue weighted by atomic mass is 10.0. The van der Waals surface area contributed by atoms with E-state index in [9.17, 15) is 13.6 Å². The standard InChI is InChI=1S/C21H20F2N6O2/c1-12-16(7-8-18(25-12)31-3)26-19-27-21(30)28(2)20-24-11-17(29(19)20)13-5-4-6-14(22)10-15(23)9-13/h4-10,17H,11H2,1-3H3,(H,26,27,30)/b5-4?,6-4?,13-5?,13-9?,14-6+,14-10?,15-9?,15-10+. The van der Waals surface area contributed by atoms with Gasteiger partial charge in [-0.05, 0) is 30.7 Å². The van der Waals surface area contributed by atoms with Crippen LogP contribution in [0.4, 0.5) is 19.3 Å². The molecule has 1 aromatic heterocycles. The molecule has 1 atom stereocenters. The van der Waals surface area contributed by atoms with E-state index in [4.69, 9.17) is 4.74 Å². The Kier molecular flexibility index (Phi) is 5.37. The molecule has 1 N–H and O–H groups in total. The first-order valence-corrected chi connectivity index (χ1v) is 9.48. The second-order valence-corrected chi connectivity index (χ2v) is 6.99. The predicted molar refractivity (Wildman–Crippen MR) is 112 cm³/mol. The smallest absolute Gasteiger partial charge is 0.330 e. The number of hydrogen-bond acceptors (Lipinski definition) is 5. The van der Waals surface area contributed by atoms with Crippen molar-refractivity contribution in [1.29, 1.82) is 0 Å². The molecule has 4 rings (SSSR count). The first-order chi connectivity index (χ1) is 14.9. The number of hydrogen-bond donors (Lipinski definition) is 1. The number of allylic oxidation sites excluding steroid dienone is 6. The number of amides is 2. The zero-order valence-corrected chi connectivity index (χ0v) is 17.1. The summed E-state index contributed by atoms with van der Waals surface area (Å²) in [5.74, 6) is -0.328. The van der Waals surface area contributed by atoms with E-state index in [2.05, 4.69) is 20.3 Å². The number of rotatable bonds is 3. The Balaban J connectivity index is 1.75. The molecule has 0 spiro atoms. The fourth-order valence-corrected chi connectivity index (χ4v) is 3.41. The molecule has 0 aromatic carbocycles. The number of urea groups is 1. The minimum absolute atomic E-state index is 0.238. The van der Waals surface area contributed by atoms with Crippen LogP contribution in [0.3, 0.4) is 0 Å². The molecule has 1 aliphatic carbocycles. The summed E-state index contributed by atoms with van der Waals surface area (Å²) >= 11 is 0. The molecule has 0 radical (unpaired) electrons. The summed E-state index contributed by atoms with van der Waals surface area (Å²) in [5.41, 5.74) is 1.69. The number of halogens is 2. The fraction of sp³-hybridized carbons (Fsp3) is 0.238. The number of carbonyl (C=O) groups excluding carboxylic acids is 1. The summed E-state index contributed by atoms with van der Waals surface area (Å²) in [6.45, 7) is 2.04. The van der Waals surface area contributed by atoms with Gasteiger partial charge >= 0.3 is 6.03 Å². The van der Waals surface area contributed by atoms with Gasteiger partial charge in [-0.25, -0.2) is 28.5 Å². The molecular formula is C21H20F2N6O2. The minimum Gasteiger partial charge on any atom is -0.481 e. The molecule has 3 aliphatic rings. The van der Waals surface area contributed by atoms with E-state index in [1.54, 1.807) is 37.1 Å². The average Bonchev–Trinajstić information content (AvgIpc) is 3.16. The van der Waals surface area contributed by atoms with Gasteiger partial charge in [0.15, 0.2) is 0 Å². The lowest BCUT2D eigenvalue weighted by Gasteiger charge is -2.37. The second-order valence-electron chi connectivity index (χ2n) is 6.99. The molecule has 0 bridgehead atoms. The maximum atomic E-state index is 14.2. The second kappa shape index (κ2) is 8.13. The quantitative estimate of drug-likeness (QED) is 0.804. The number of nitrogens with one attached hydrogen (secondary N) is 1. The molecule has 1 saturated heterocycles. The summed E-state index contributed by atoms with van der Waals surface area (Å²) in [4.78, 5) is 28.9. The summed E-state index contributed by atoms with van der Waals surface area (Å²) < 4.78 is 32.8. The van der Waals surface area contributed by atoms with Gasteiger partial charge in [-0.1, -0.05) is 12.2 Å². The number of methoxy groups -OCH3 is 1. The number of aromatic nitrogens is 1. The normalized spacial score (nSPS) is 25.5. The van der Waals surface area contributed by atoms with E-state index in [0.29, 0.717) is 28.8 Å². The number of aryl methyl sites for hydroxylation is 1. The molecule has 31 heavy (non-hydrogen) atoms. The van der Waals surface area contributed by atoms with Gasteiger partial charge in [0.2, 0.25) is 17.8 Å². The summed E-state index contributed by atoms with van der Waals surface area (Å²) in [6.07, 6.45) is 6.35. The Morgan fingerprint density at radius 2 is 2.06 bits per heavy atom. The van der Waals surface area contributed by atoms with Crippen molar-refractivity contribution in [3.05, 3.63) is 65.4 Å². The van der Waals surface area contributed by atoms with Crippen LogP contribution in [-0.2, 0) is 0 Å². The molecule has 0 saturated carbocycles. The van der Waals surface area contributed by atoms with Crippen LogP contribution in [0.1, 0.15) is 5.69 Å². The van der Waals surface area contributed by atoms with Crippen LogP contribution in [0.2, 0.25) is 0 Å². The Hall–Kier alpha value is -3.82. The molecule has 2 amide bonds. The number of carbonyl (C=O) groups is 1. The van der Waals surface area contributed by atoms with Crippen molar-refractivity contribution < 1.29 is 18.3 Å².